The molecule has 1 atom stereocenters. The number of carbonyl (C=O) groups excluding carboxylic acids is 1. The molecule has 2 aromatic rings. The Balaban J connectivity index is 1.67. The molecule has 0 radical (unpaired) electrons. The van der Waals surface area contributed by atoms with Crippen molar-refractivity contribution < 1.29 is 4.79 Å². The van der Waals surface area contributed by atoms with Crippen LogP contribution in [0.2, 0.25) is 0 Å². The predicted molar refractivity (Wildman–Crippen MR) is 117 cm³/mol. The fraction of sp³-hybridized carbons (Fsp3) is 0.591. The highest BCUT2D eigenvalue weighted by Crippen LogP contribution is 2.43. The van der Waals surface area contributed by atoms with Gasteiger partial charge in [0.25, 0.3) is 0 Å². The van der Waals surface area contributed by atoms with Gasteiger partial charge in [0, 0.05) is 29.7 Å². The van der Waals surface area contributed by atoms with Gasteiger partial charge < -0.3 is 5.32 Å². The lowest BCUT2D eigenvalue weighted by molar-refractivity contribution is -0.117. The lowest BCUT2D eigenvalue weighted by Gasteiger charge is -2.33. The van der Waals surface area contributed by atoms with E-state index in [0.717, 1.165) is 36.1 Å². The minimum absolute atomic E-state index is 0.0866. The van der Waals surface area contributed by atoms with Gasteiger partial charge in [-0.25, -0.2) is 0 Å². The highest BCUT2D eigenvalue weighted by atomic mass is 32.1. The van der Waals surface area contributed by atoms with Crippen molar-refractivity contribution in [1.29, 1.82) is 5.26 Å². The summed E-state index contributed by atoms with van der Waals surface area (Å²) in [5.74, 6) is 0.522. The van der Waals surface area contributed by atoms with Crippen LogP contribution < -0.4 is 5.32 Å². The summed E-state index contributed by atoms with van der Waals surface area (Å²) < 4.78 is 1.84. The normalized spacial score (nSPS) is 16.6. The maximum absolute atomic E-state index is 12.6. The Morgan fingerprint density at radius 2 is 2.21 bits per heavy atom. The third-order valence-electron chi connectivity index (χ3n) is 6.05. The second-order valence-electron chi connectivity index (χ2n) is 9.22. The zero-order valence-electron chi connectivity index (χ0n) is 18.3. The van der Waals surface area contributed by atoms with Gasteiger partial charge in [-0.05, 0) is 50.1 Å². The molecule has 0 bridgehead atoms. The van der Waals surface area contributed by atoms with E-state index in [4.69, 9.17) is 0 Å². The first kappa shape index (κ1) is 21.5. The van der Waals surface area contributed by atoms with E-state index in [0.29, 0.717) is 23.0 Å². The number of nitrogens with zero attached hydrogens (tertiary/aromatic N) is 4. The van der Waals surface area contributed by atoms with Crippen LogP contribution in [0, 0.1) is 29.6 Å². The molecule has 0 aromatic carbocycles. The van der Waals surface area contributed by atoms with Crippen molar-refractivity contribution in [3.63, 3.8) is 0 Å². The molecule has 0 fully saturated rings. The predicted octanol–water partition coefficient (Wildman–Crippen LogP) is 3.88. The van der Waals surface area contributed by atoms with Crippen molar-refractivity contribution >= 4 is 22.2 Å². The number of nitrogens with one attached hydrogen (secondary N) is 1. The monoisotopic (exact) mass is 413 g/mol. The Morgan fingerprint density at radius 1 is 1.48 bits per heavy atom. The van der Waals surface area contributed by atoms with E-state index in [1.54, 1.807) is 11.3 Å². The molecule has 2 aromatic heterocycles. The molecule has 0 aliphatic heterocycles. The van der Waals surface area contributed by atoms with Gasteiger partial charge in [-0.3, -0.25) is 14.4 Å². The Morgan fingerprint density at radius 3 is 2.79 bits per heavy atom. The van der Waals surface area contributed by atoms with Gasteiger partial charge in [0.2, 0.25) is 5.91 Å². The standard InChI is InChI=1S/C22H31N5OS/c1-14-15(11-24-27(14)6)12-26(5)13-20(28)25-21-18(10-23)17-8-7-16(22(2,3)4)9-19(17)29-21/h11,16H,7-9,12-13H2,1-6H3,(H,25,28). The van der Waals surface area contributed by atoms with Crippen molar-refractivity contribution in [2.75, 3.05) is 18.9 Å². The van der Waals surface area contributed by atoms with Gasteiger partial charge in [-0.2, -0.15) is 10.4 Å². The number of aryl methyl sites for hydroxylation is 1. The lowest BCUT2D eigenvalue weighted by atomic mass is 9.72. The number of anilines is 1. The Bertz CT molecular complexity index is 944. The van der Waals surface area contributed by atoms with Crippen molar-refractivity contribution in [2.45, 2.75) is 53.5 Å². The lowest BCUT2D eigenvalue weighted by Crippen LogP contribution is -2.30. The average Bonchev–Trinajstić information content (AvgIpc) is 3.13. The molecule has 1 N–H and O–H groups in total. The van der Waals surface area contributed by atoms with Crippen LogP contribution in [0.3, 0.4) is 0 Å². The van der Waals surface area contributed by atoms with Crippen LogP contribution >= 0.6 is 11.3 Å². The molecule has 6 nitrogen and oxygen atoms in total. The maximum atomic E-state index is 12.6. The van der Waals surface area contributed by atoms with Gasteiger partial charge >= 0.3 is 0 Å². The molecule has 29 heavy (non-hydrogen) atoms. The Kier molecular flexibility index (Phi) is 6.16. The number of amides is 1. The molecule has 0 saturated heterocycles. The molecular weight excluding hydrogens is 382 g/mol. The number of fused-ring (bicyclic) bond motifs is 1. The molecule has 2 heterocycles. The van der Waals surface area contributed by atoms with E-state index in [1.807, 2.05) is 36.8 Å². The summed E-state index contributed by atoms with van der Waals surface area (Å²) in [5, 5.41) is 17.7. The molecule has 1 aliphatic carbocycles. The van der Waals surface area contributed by atoms with Crippen molar-refractivity contribution in [2.24, 2.45) is 18.4 Å². The van der Waals surface area contributed by atoms with Crippen LogP contribution in [0.25, 0.3) is 0 Å². The summed E-state index contributed by atoms with van der Waals surface area (Å²) in [7, 11) is 3.84. The second-order valence-corrected chi connectivity index (χ2v) is 10.3. The highest BCUT2D eigenvalue weighted by Gasteiger charge is 2.32. The van der Waals surface area contributed by atoms with E-state index < -0.39 is 0 Å². The summed E-state index contributed by atoms with van der Waals surface area (Å²) >= 11 is 1.59. The van der Waals surface area contributed by atoms with Gasteiger partial charge in [0.1, 0.15) is 11.1 Å². The van der Waals surface area contributed by atoms with Gasteiger partial charge in [-0.1, -0.05) is 20.8 Å². The number of hydrogen-bond donors (Lipinski definition) is 1. The van der Waals surface area contributed by atoms with Crippen LogP contribution in [-0.4, -0.2) is 34.2 Å². The minimum atomic E-state index is -0.0866. The first-order valence-electron chi connectivity index (χ1n) is 10.1. The molecule has 7 heteroatoms. The number of rotatable bonds is 5. The average molecular weight is 414 g/mol. The highest BCUT2D eigenvalue weighted by molar-refractivity contribution is 7.16. The van der Waals surface area contributed by atoms with E-state index in [2.05, 4.69) is 37.3 Å². The fourth-order valence-corrected chi connectivity index (χ4v) is 5.28. The third kappa shape index (κ3) is 4.71. The number of likely N-dealkylation sites (N-methyl/N-ethyl adjacent to an activating group) is 1. The number of hydrogen-bond acceptors (Lipinski definition) is 5. The molecule has 0 saturated carbocycles. The first-order chi connectivity index (χ1) is 13.6. The zero-order valence-corrected chi connectivity index (χ0v) is 19.1. The van der Waals surface area contributed by atoms with E-state index in [9.17, 15) is 10.1 Å². The van der Waals surface area contributed by atoms with Gasteiger partial charge in [-0.15, -0.1) is 11.3 Å². The van der Waals surface area contributed by atoms with Crippen LogP contribution in [0.4, 0.5) is 5.00 Å². The second kappa shape index (κ2) is 8.29. The summed E-state index contributed by atoms with van der Waals surface area (Å²) in [4.78, 5) is 15.9. The number of nitriles is 1. The van der Waals surface area contributed by atoms with Gasteiger partial charge in [0.15, 0.2) is 0 Å². The summed E-state index contributed by atoms with van der Waals surface area (Å²) in [6.07, 6.45) is 4.86. The van der Waals surface area contributed by atoms with Crippen LogP contribution in [0.15, 0.2) is 6.20 Å². The first-order valence-corrected chi connectivity index (χ1v) is 10.9. The summed E-state index contributed by atoms with van der Waals surface area (Å²) in [6.45, 7) is 9.80. The largest absolute Gasteiger partial charge is 0.315 e. The molecule has 1 amide bonds. The van der Waals surface area contributed by atoms with Crippen molar-refractivity contribution in [3.8, 4) is 6.07 Å². The summed E-state index contributed by atoms with van der Waals surface area (Å²) in [5.41, 5.74) is 4.28. The van der Waals surface area contributed by atoms with Crippen molar-refractivity contribution in [3.05, 3.63) is 33.5 Å². The Hall–Kier alpha value is -2.17. The number of aromatic nitrogens is 2. The third-order valence-corrected chi connectivity index (χ3v) is 7.22. The smallest absolute Gasteiger partial charge is 0.239 e. The molecule has 3 rings (SSSR count). The van der Waals surface area contributed by atoms with Crippen LogP contribution in [-0.2, 0) is 31.2 Å². The zero-order chi connectivity index (χ0) is 21.3. The Labute approximate surface area is 177 Å². The summed E-state index contributed by atoms with van der Waals surface area (Å²) in [6, 6.07) is 2.34. The molecule has 156 valence electrons. The number of thiophene rings is 1. The topological polar surface area (TPSA) is 74.0 Å². The van der Waals surface area contributed by atoms with E-state index >= 15 is 0 Å². The SMILES string of the molecule is Cc1c(CN(C)CC(=O)Nc2sc3c(c2C#N)CCC(C(C)(C)C)C3)cnn1C. The number of carbonyl (C=O) groups is 1. The van der Waals surface area contributed by atoms with Crippen molar-refractivity contribution in [1.82, 2.24) is 14.7 Å². The van der Waals surface area contributed by atoms with Crippen LogP contribution in [0.5, 0.6) is 0 Å². The quantitative estimate of drug-likeness (QED) is 0.807. The van der Waals surface area contributed by atoms with E-state index in [-0.39, 0.29) is 17.9 Å². The minimum Gasteiger partial charge on any atom is -0.315 e. The molecule has 1 unspecified atom stereocenters. The fourth-order valence-electron chi connectivity index (χ4n) is 3.99. The molecular formula is C22H31N5OS. The molecule has 1 aliphatic rings. The molecule has 0 spiro atoms. The maximum Gasteiger partial charge on any atom is 0.239 e. The van der Waals surface area contributed by atoms with Gasteiger partial charge in [0.05, 0.1) is 18.3 Å². The van der Waals surface area contributed by atoms with E-state index in [1.165, 1.54) is 4.88 Å². The van der Waals surface area contributed by atoms with Crippen LogP contribution in [0.1, 0.15) is 54.5 Å².